The molecule has 4 amide bonds. The molecule has 0 atom stereocenters. The van der Waals surface area contributed by atoms with Gasteiger partial charge < -0.3 is 47.3 Å². The van der Waals surface area contributed by atoms with Gasteiger partial charge in [0, 0.05) is 37.3 Å². The summed E-state index contributed by atoms with van der Waals surface area (Å²) in [6.45, 7) is 3.32. The van der Waals surface area contributed by atoms with Crippen LogP contribution in [0.2, 0.25) is 0 Å². The van der Waals surface area contributed by atoms with Gasteiger partial charge in [-0.15, -0.1) is 0 Å². The Hall–Kier alpha value is -6.54. The number of benzene rings is 5. The summed E-state index contributed by atoms with van der Waals surface area (Å²) in [4.78, 5) is 51.2. The van der Waals surface area contributed by atoms with Crippen LogP contribution in [0.4, 0.5) is 9.59 Å². The monoisotopic (exact) mass is 927 g/mol. The Bertz CT molecular complexity index is 2170. The molecule has 362 valence electrons. The number of aliphatic hydroxyl groups is 1. The fraction of sp³-hybridized carbons (Fsp3) is 0.382. The summed E-state index contributed by atoms with van der Waals surface area (Å²) in [6, 6.07) is 37.1. The average molecular weight is 927 g/mol. The van der Waals surface area contributed by atoms with Crippen LogP contribution < -0.4 is 32.7 Å². The van der Waals surface area contributed by atoms with Crippen molar-refractivity contribution < 1.29 is 33.8 Å². The van der Waals surface area contributed by atoms with E-state index in [4.69, 9.17) is 20.9 Å². The zero-order chi connectivity index (χ0) is 48.2. The maximum absolute atomic E-state index is 13.4. The largest absolute Gasteiger partial charge is 0.445 e. The minimum Gasteiger partial charge on any atom is -0.445 e. The first kappa shape index (κ1) is 52.4. The number of hydrogen-bond donors (Lipinski definition) is 7. The predicted octanol–water partition coefficient (Wildman–Crippen LogP) is 7.40. The molecule has 0 aliphatic rings. The molecule has 5 aromatic rings. The first-order chi connectivity index (χ1) is 33.2. The Morgan fingerprint density at radius 3 is 1.04 bits per heavy atom. The number of nitrogens with two attached hydrogens (primary N) is 2. The molecular formula is C55H70N6O7. The number of aryl methyl sites for hydroxylation is 6. The summed E-state index contributed by atoms with van der Waals surface area (Å²) in [5.74, 6) is -0.278. The van der Waals surface area contributed by atoms with Crippen LogP contribution in [0.25, 0.3) is 0 Å². The second kappa shape index (κ2) is 30.0. The van der Waals surface area contributed by atoms with Gasteiger partial charge in [0.15, 0.2) is 0 Å². The molecule has 0 aliphatic carbocycles. The molecule has 5 rings (SSSR count). The third-order valence-corrected chi connectivity index (χ3v) is 11.4. The van der Waals surface area contributed by atoms with Crippen LogP contribution in [-0.2, 0) is 67.8 Å². The van der Waals surface area contributed by atoms with E-state index >= 15 is 0 Å². The second-order valence-electron chi connectivity index (χ2n) is 17.1. The normalized spacial score (nSPS) is 10.9. The first-order valence-electron chi connectivity index (χ1n) is 24.0. The average Bonchev–Trinajstić information content (AvgIpc) is 3.36. The minimum absolute atomic E-state index is 0.0806. The fourth-order valence-electron chi connectivity index (χ4n) is 7.90. The Labute approximate surface area is 401 Å². The summed E-state index contributed by atoms with van der Waals surface area (Å²) >= 11 is 0. The number of rotatable bonds is 29. The van der Waals surface area contributed by atoms with Crippen molar-refractivity contribution in [3.05, 3.63) is 176 Å². The molecule has 0 heterocycles. The lowest BCUT2D eigenvalue weighted by Crippen LogP contribution is -2.26. The lowest BCUT2D eigenvalue weighted by atomic mass is 9.98. The molecule has 0 fully saturated rings. The molecule has 68 heavy (non-hydrogen) atoms. The zero-order valence-corrected chi connectivity index (χ0v) is 39.4. The van der Waals surface area contributed by atoms with Gasteiger partial charge in [-0.2, -0.15) is 0 Å². The van der Waals surface area contributed by atoms with E-state index in [1.54, 1.807) is 0 Å². The van der Waals surface area contributed by atoms with Crippen molar-refractivity contribution in [2.24, 2.45) is 11.5 Å². The molecular weight excluding hydrogens is 857 g/mol. The van der Waals surface area contributed by atoms with Gasteiger partial charge in [-0.25, -0.2) is 9.59 Å². The minimum atomic E-state index is -0.460. The Balaban J connectivity index is 1.04. The lowest BCUT2D eigenvalue weighted by molar-refractivity contribution is 0.0945. The highest BCUT2D eigenvalue weighted by atomic mass is 16.6. The summed E-state index contributed by atoms with van der Waals surface area (Å²) in [7, 11) is 0. The molecule has 0 radical (unpaired) electrons. The zero-order valence-electron chi connectivity index (χ0n) is 39.4. The number of amides is 4. The molecule has 0 bridgehead atoms. The molecule has 13 nitrogen and oxygen atoms in total. The van der Waals surface area contributed by atoms with Crippen LogP contribution in [0.5, 0.6) is 0 Å². The van der Waals surface area contributed by atoms with Gasteiger partial charge in [0.25, 0.3) is 11.8 Å². The summed E-state index contributed by atoms with van der Waals surface area (Å²) in [5, 5.41) is 21.9. The van der Waals surface area contributed by atoms with E-state index in [9.17, 15) is 24.3 Å². The van der Waals surface area contributed by atoms with E-state index in [1.165, 1.54) is 0 Å². The maximum Gasteiger partial charge on any atom is 0.407 e. The second-order valence-corrected chi connectivity index (χ2v) is 17.1. The van der Waals surface area contributed by atoms with E-state index in [0.29, 0.717) is 88.9 Å². The number of hydrogen-bond acceptors (Lipinski definition) is 9. The van der Waals surface area contributed by atoms with E-state index in [-0.39, 0.29) is 31.6 Å². The summed E-state index contributed by atoms with van der Waals surface area (Å²) in [6.07, 6.45) is 7.87. The van der Waals surface area contributed by atoms with Gasteiger partial charge in [0.05, 0.1) is 6.61 Å². The van der Waals surface area contributed by atoms with Gasteiger partial charge in [0.1, 0.15) is 13.2 Å². The van der Waals surface area contributed by atoms with E-state index in [0.717, 1.165) is 88.6 Å². The van der Waals surface area contributed by atoms with Crippen molar-refractivity contribution in [3.8, 4) is 0 Å². The van der Waals surface area contributed by atoms with Gasteiger partial charge in [-0.05, 0) is 164 Å². The molecule has 0 aliphatic heterocycles. The third-order valence-electron chi connectivity index (χ3n) is 11.4. The summed E-state index contributed by atoms with van der Waals surface area (Å²) < 4.78 is 10.6. The van der Waals surface area contributed by atoms with Crippen molar-refractivity contribution in [1.29, 1.82) is 0 Å². The molecule has 9 N–H and O–H groups in total. The predicted molar refractivity (Wildman–Crippen MR) is 267 cm³/mol. The van der Waals surface area contributed by atoms with Gasteiger partial charge in [-0.1, -0.05) is 91.0 Å². The third kappa shape index (κ3) is 19.7. The number of ether oxygens (including phenoxy) is 2. The van der Waals surface area contributed by atoms with E-state index in [2.05, 4.69) is 39.5 Å². The van der Waals surface area contributed by atoms with Crippen LogP contribution in [-0.4, -0.2) is 68.4 Å². The van der Waals surface area contributed by atoms with Crippen molar-refractivity contribution in [1.82, 2.24) is 21.3 Å². The van der Waals surface area contributed by atoms with Gasteiger partial charge in [-0.3, -0.25) is 9.59 Å². The number of carbonyl (C=O) groups is 4. The molecule has 0 spiro atoms. The van der Waals surface area contributed by atoms with Gasteiger partial charge in [0.2, 0.25) is 0 Å². The number of alkyl carbamates (subject to hydrolysis) is 2. The summed E-state index contributed by atoms with van der Waals surface area (Å²) in [5.41, 5.74) is 21.8. The van der Waals surface area contributed by atoms with Crippen molar-refractivity contribution in [3.63, 3.8) is 0 Å². The standard InChI is InChI=1S/C55H70N6O7/c56-23-7-17-45-30-47(21-11-27-60-54(65)67-39-41-13-3-1-4-14-41)36-50(34-45)52(63)58-25-9-19-43-29-44(33-49(32-43)38-62)20-10-26-59-53(64)51-35-46(18-8-24-57)31-48(37-51)22-12-28-61-55(66)68-40-42-15-5-2-6-16-42/h1-6,13-16,29-37,62H,7-12,17-28,38-40,56-57H2,(H,58,63)(H,59,64)(H,60,65)(H,61,66). The van der Waals surface area contributed by atoms with Crippen LogP contribution in [0.15, 0.2) is 115 Å². The lowest BCUT2D eigenvalue weighted by Gasteiger charge is -2.12. The highest BCUT2D eigenvalue weighted by molar-refractivity contribution is 5.95. The molecule has 0 saturated heterocycles. The first-order valence-corrected chi connectivity index (χ1v) is 24.0. The highest BCUT2D eigenvalue weighted by Crippen LogP contribution is 2.18. The van der Waals surface area contributed by atoms with Crippen molar-refractivity contribution in [2.75, 3.05) is 39.3 Å². The fourth-order valence-corrected chi connectivity index (χ4v) is 7.90. The number of nitrogens with one attached hydrogen (secondary N) is 4. The van der Waals surface area contributed by atoms with E-state index < -0.39 is 12.2 Å². The van der Waals surface area contributed by atoms with Crippen LogP contribution in [0.3, 0.4) is 0 Å². The van der Waals surface area contributed by atoms with Crippen LogP contribution >= 0.6 is 0 Å². The smallest absolute Gasteiger partial charge is 0.407 e. The van der Waals surface area contributed by atoms with Crippen molar-refractivity contribution in [2.45, 2.75) is 96.9 Å². The Kier molecular flexibility index (Phi) is 23.1. The maximum atomic E-state index is 13.4. The molecule has 0 aromatic heterocycles. The molecule has 0 saturated carbocycles. The Morgan fingerprint density at radius 1 is 0.397 bits per heavy atom. The van der Waals surface area contributed by atoms with E-state index in [1.807, 2.05) is 97.1 Å². The van der Waals surface area contributed by atoms with Gasteiger partial charge >= 0.3 is 12.2 Å². The number of aliphatic hydroxyl groups excluding tert-OH is 1. The highest BCUT2D eigenvalue weighted by Gasteiger charge is 2.13. The SMILES string of the molecule is NCCCc1cc(CCCNC(=O)OCc2ccccc2)cc(C(=O)NCCCc2cc(CO)cc(CCCNC(=O)c3cc(CCCN)cc(CCCNC(=O)OCc4ccccc4)c3)c2)c1. The van der Waals surface area contributed by atoms with Crippen LogP contribution in [0, 0.1) is 0 Å². The number of carbonyl (C=O) groups excluding carboxylic acids is 4. The molecule has 13 heteroatoms. The Morgan fingerprint density at radius 2 is 0.706 bits per heavy atom. The molecule has 5 aromatic carbocycles. The van der Waals surface area contributed by atoms with Crippen molar-refractivity contribution >= 4 is 24.0 Å². The quantitative estimate of drug-likeness (QED) is 0.0238. The van der Waals surface area contributed by atoms with Crippen LogP contribution in [0.1, 0.15) is 109 Å². The topological polar surface area (TPSA) is 207 Å². The molecule has 0 unspecified atom stereocenters.